The number of carbonyl (C=O) groups excluding carboxylic acids is 2. The van der Waals surface area contributed by atoms with E-state index in [0.717, 1.165) is 25.9 Å². The van der Waals surface area contributed by atoms with Crippen molar-refractivity contribution in [3.05, 3.63) is 54.1 Å². The van der Waals surface area contributed by atoms with E-state index in [1.807, 2.05) is 30.3 Å². The molecule has 0 spiro atoms. The molecule has 1 aliphatic heterocycles. The van der Waals surface area contributed by atoms with Crippen molar-refractivity contribution in [1.29, 1.82) is 0 Å². The van der Waals surface area contributed by atoms with Gasteiger partial charge in [-0.25, -0.2) is 0 Å². The summed E-state index contributed by atoms with van der Waals surface area (Å²) in [6.07, 6.45) is 2.27. The Labute approximate surface area is 147 Å². The molecule has 0 bridgehead atoms. The normalized spacial score (nSPS) is 14.2. The molecule has 2 aromatic carbocycles. The molecule has 0 unspecified atom stereocenters. The number of rotatable bonds is 5. The molecule has 1 saturated heterocycles. The monoisotopic (exact) mass is 338 g/mol. The Hall–Kier alpha value is -2.86. The summed E-state index contributed by atoms with van der Waals surface area (Å²) in [5, 5.41) is 5.64. The third-order valence-electron chi connectivity index (χ3n) is 4.10. The molecule has 6 nitrogen and oxygen atoms in total. The molecule has 130 valence electrons. The molecule has 4 N–H and O–H groups in total. The SMILES string of the molecule is Nc1cc(NC(=O)CN2CCCC2)cc(C(=O)Nc2ccccc2)c1. The van der Waals surface area contributed by atoms with Gasteiger partial charge < -0.3 is 16.4 Å². The predicted octanol–water partition coefficient (Wildman–Crippen LogP) is 2.56. The first-order valence-electron chi connectivity index (χ1n) is 8.39. The molecular formula is C19H22N4O2. The van der Waals surface area contributed by atoms with Crippen molar-refractivity contribution < 1.29 is 9.59 Å². The molecule has 1 aliphatic rings. The van der Waals surface area contributed by atoms with Gasteiger partial charge in [0.1, 0.15) is 0 Å². The van der Waals surface area contributed by atoms with Crippen LogP contribution in [0.1, 0.15) is 23.2 Å². The lowest BCUT2D eigenvalue weighted by Crippen LogP contribution is -2.31. The summed E-state index contributed by atoms with van der Waals surface area (Å²) in [6, 6.07) is 14.1. The van der Waals surface area contributed by atoms with E-state index < -0.39 is 0 Å². The average Bonchev–Trinajstić information content (AvgIpc) is 3.08. The summed E-state index contributed by atoms with van der Waals surface area (Å²) in [6.45, 7) is 2.27. The Kier molecular flexibility index (Phi) is 5.30. The van der Waals surface area contributed by atoms with Crippen molar-refractivity contribution >= 4 is 28.9 Å². The van der Waals surface area contributed by atoms with Crippen LogP contribution in [0, 0.1) is 0 Å². The minimum absolute atomic E-state index is 0.0954. The summed E-state index contributed by atoms with van der Waals surface area (Å²) < 4.78 is 0. The second-order valence-corrected chi connectivity index (χ2v) is 6.20. The molecule has 2 amide bonds. The van der Waals surface area contributed by atoms with Crippen LogP contribution in [0.2, 0.25) is 0 Å². The number of anilines is 3. The van der Waals surface area contributed by atoms with Crippen molar-refractivity contribution in [3.63, 3.8) is 0 Å². The van der Waals surface area contributed by atoms with Crippen LogP contribution in [0.15, 0.2) is 48.5 Å². The first-order valence-corrected chi connectivity index (χ1v) is 8.39. The molecule has 3 rings (SSSR count). The minimum atomic E-state index is -0.270. The topological polar surface area (TPSA) is 87.5 Å². The number of carbonyl (C=O) groups is 2. The number of nitrogens with one attached hydrogen (secondary N) is 2. The molecule has 0 saturated carbocycles. The Morgan fingerprint density at radius 2 is 1.68 bits per heavy atom. The largest absolute Gasteiger partial charge is 0.399 e. The van der Waals surface area contributed by atoms with Gasteiger partial charge in [0.25, 0.3) is 5.91 Å². The molecule has 0 radical (unpaired) electrons. The van der Waals surface area contributed by atoms with E-state index in [1.54, 1.807) is 18.2 Å². The zero-order chi connectivity index (χ0) is 17.6. The second-order valence-electron chi connectivity index (χ2n) is 6.20. The zero-order valence-corrected chi connectivity index (χ0v) is 14.0. The lowest BCUT2D eigenvalue weighted by atomic mass is 10.1. The average molecular weight is 338 g/mol. The summed E-state index contributed by atoms with van der Waals surface area (Å²) in [5.41, 5.74) is 7.95. The molecule has 2 aromatic rings. The molecule has 0 atom stereocenters. The van der Waals surface area contributed by atoms with Crippen molar-refractivity contribution in [2.75, 3.05) is 36.0 Å². The summed E-state index contributed by atoms with van der Waals surface area (Å²) >= 11 is 0. The molecular weight excluding hydrogens is 316 g/mol. The Morgan fingerprint density at radius 3 is 2.40 bits per heavy atom. The Bertz CT molecular complexity index is 755. The van der Waals surface area contributed by atoms with Crippen LogP contribution in [-0.2, 0) is 4.79 Å². The summed E-state index contributed by atoms with van der Waals surface area (Å²) in [5.74, 6) is -0.365. The van der Waals surface area contributed by atoms with Crippen LogP contribution in [0.25, 0.3) is 0 Å². The Balaban J connectivity index is 1.67. The number of nitrogens with zero attached hydrogens (tertiary/aromatic N) is 1. The standard InChI is InChI=1S/C19H22N4O2/c20-15-10-14(19(25)22-16-6-2-1-3-7-16)11-17(12-15)21-18(24)13-23-8-4-5-9-23/h1-3,6-7,10-12H,4-5,8-9,13,20H2,(H,21,24)(H,22,25). The van der Waals surface area contributed by atoms with Gasteiger partial charge in [-0.05, 0) is 56.3 Å². The maximum absolute atomic E-state index is 12.4. The zero-order valence-electron chi connectivity index (χ0n) is 14.0. The molecule has 1 heterocycles. The number of amides is 2. The van der Waals surface area contributed by atoms with Crippen LogP contribution in [0.4, 0.5) is 17.1 Å². The van der Waals surface area contributed by atoms with Crippen molar-refractivity contribution in [2.45, 2.75) is 12.8 Å². The smallest absolute Gasteiger partial charge is 0.255 e. The van der Waals surface area contributed by atoms with Crippen LogP contribution in [0.3, 0.4) is 0 Å². The van der Waals surface area contributed by atoms with E-state index in [9.17, 15) is 9.59 Å². The lowest BCUT2D eigenvalue weighted by molar-refractivity contribution is -0.117. The van der Waals surface area contributed by atoms with Crippen molar-refractivity contribution in [1.82, 2.24) is 4.90 Å². The van der Waals surface area contributed by atoms with Gasteiger partial charge in [-0.3, -0.25) is 14.5 Å². The van der Waals surface area contributed by atoms with Gasteiger partial charge in [0, 0.05) is 22.6 Å². The van der Waals surface area contributed by atoms with Crippen molar-refractivity contribution in [2.24, 2.45) is 0 Å². The van der Waals surface area contributed by atoms with Gasteiger partial charge in [-0.1, -0.05) is 18.2 Å². The number of hydrogen-bond donors (Lipinski definition) is 3. The maximum Gasteiger partial charge on any atom is 0.255 e. The van der Waals surface area contributed by atoms with E-state index >= 15 is 0 Å². The fourth-order valence-corrected chi connectivity index (χ4v) is 2.92. The molecule has 0 aromatic heterocycles. The highest BCUT2D eigenvalue weighted by Gasteiger charge is 2.16. The van der Waals surface area contributed by atoms with E-state index in [4.69, 9.17) is 5.73 Å². The highest BCUT2D eigenvalue weighted by molar-refractivity contribution is 6.06. The number of hydrogen-bond acceptors (Lipinski definition) is 4. The molecule has 25 heavy (non-hydrogen) atoms. The summed E-state index contributed by atoms with van der Waals surface area (Å²) in [7, 11) is 0. The highest BCUT2D eigenvalue weighted by atomic mass is 16.2. The second kappa shape index (κ2) is 7.81. The van der Waals surface area contributed by atoms with Crippen LogP contribution in [0.5, 0.6) is 0 Å². The molecule has 6 heteroatoms. The predicted molar refractivity (Wildman–Crippen MR) is 99.6 cm³/mol. The summed E-state index contributed by atoms with van der Waals surface area (Å²) in [4.78, 5) is 26.7. The molecule has 0 aliphatic carbocycles. The number of benzene rings is 2. The van der Waals surface area contributed by atoms with Gasteiger partial charge in [0.15, 0.2) is 0 Å². The fourth-order valence-electron chi connectivity index (χ4n) is 2.92. The van der Waals surface area contributed by atoms with Gasteiger partial charge in [-0.2, -0.15) is 0 Å². The van der Waals surface area contributed by atoms with Gasteiger partial charge in [0.05, 0.1) is 6.54 Å². The number of likely N-dealkylation sites (tertiary alicyclic amines) is 1. The van der Waals surface area contributed by atoms with Crippen LogP contribution < -0.4 is 16.4 Å². The van der Waals surface area contributed by atoms with Gasteiger partial charge in [-0.15, -0.1) is 0 Å². The lowest BCUT2D eigenvalue weighted by Gasteiger charge is -2.15. The Morgan fingerprint density at radius 1 is 0.960 bits per heavy atom. The number of nitrogen functional groups attached to an aromatic ring is 1. The van der Waals surface area contributed by atoms with Crippen LogP contribution >= 0.6 is 0 Å². The highest BCUT2D eigenvalue weighted by Crippen LogP contribution is 2.18. The van der Waals surface area contributed by atoms with E-state index in [0.29, 0.717) is 29.2 Å². The minimum Gasteiger partial charge on any atom is -0.399 e. The number of para-hydroxylation sites is 1. The first kappa shape index (κ1) is 17.0. The van der Waals surface area contributed by atoms with E-state index in [1.165, 1.54) is 0 Å². The quantitative estimate of drug-likeness (QED) is 0.731. The van der Waals surface area contributed by atoms with E-state index in [-0.39, 0.29) is 11.8 Å². The molecule has 1 fully saturated rings. The number of nitrogens with two attached hydrogens (primary N) is 1. The van der Waals surface area contributed by atoms with E-state index in [2.05, 4.69) is 15.5 Å². The third kappa shape index (κ3) is 4.81. The van der Waals surface area contributed by atoms with Gasteiger partial charge >= 0.3 is 0 Å². The first-order chi connectivity index (χ1) is 12.1. The fraction of sp³-hybridized carbons (Fsp3) is 0.263. The third-order valence-corrected chi connectivity index (χ3v) is 4.10. The van der Waals surface area contributed by atoms with Crippen LogP contribution in [-0.4, -0.2) is 36.3 Å². The maximum atomic E-state index is 12.4. The van der Waals surface area contributed by atoms with Crippen molar-refractivity contribution in [3.8, 4) is 0 Å². The van der Waals surface area contributed by atoms with Gasteiger partial charge in [0.2, 0.25) is 5.91 Å².